The third kappa shape index (κ3) is 4.69. The standard InChI is InChI=1S/C19H26N4O3/c1-15-5-3-4-6-18(15)23-16(7-8-20-23)11-22-9-10-26-17(13-22)12-21(2)14-19(24)25/h3-8,17H,9-14H2,1-2H3,(H,24,25). The molecule has 0 spiro atoms. The number of hydrogen-bond acceptors (Lipinski definition) is 5. The molecule has 1 fully saturated rings. The van der Waals surface area contributed by atoms with E-state index in [-0.39, 0.29) is 12.6 Å². The minimum atomic E-state index is -0.817. The molecule has 7 nitrogen and oxygen atoms in total. The number of likely N-dealkylation sites (N-methyl/N-ethyl adjacent to an activating group) is 1. The van der Waals surface area contributed by atoms with Crippen LogP contribution in [-0.2, 0) is 16.1 Å². The first-order valence-corrected chi connectivity index (χ1v) is 8.86. The van der Waals surface area contributed by atoms with Crippen molar-refractivity contribution in [3.63, 3.8) is 0 Å². The molecule has 0 aliphatic carbocycles. The molecule has 2 heterocycles. The van der Waals surface area contributed by atoms with Gasteiger partial charge in [-0.1, -0.05) is 18.2 Å². The summed E-state index contributed by atoms with van der Waals surface area (Å²) < 4.78 is 7.81. The number of carboxylic acids is 1. The Hall–Kier alpha value is -2.22. The van der Waals surface area contributed by atoms with Crippen molar-refractivity contribution in [1.29, 1.82) is 0 Å². The van der Waals surface area contributed by atoms with Gasteiger partial charge in [0.05, 0.1) is 30.6 Å². The lowest BCUT2D eigenvalue weighted by molar-refractivity contribution is -0.138. The van der Waals surface area contributed by atoms with Crippen LogP contribution in [-0.4, -0.2) is 76.6 Å². The Labute approximate surface area is 153 Å². The van der Waals surface area contributed by atoms with Crippen LogP contribution in [0.1, 0.15) is 11.3 Å². The van der Waals surface area contributed by atoms with E-state index in [4.69, 9.17) is 9.84 Å². The van der Waals surface area contributed by atoms with Crippen molar-refractivity contribution >= 4 is 5.97 Å². The number of aliphatic carboxylic acids is 1. The minimum Gasteiger partial charge on any atom is -0.480 e. The Balaban J connectivity index is 1.64. The molecule has 0 amide bonds. The highest BCUT2D eigenvalue weighted by molar-refractivity contribution is 5.69. The Morgan fingerprint density at radius 2 is 2.19 bits per heavy atom. The van der Waals surface area contributed by atoms with E-state index in [2.05, 4.69) is 29.1 Å². The van der Waals surface area contributed by atoms with Gasteiger partial charge in [-0.05, 0) is 31.7 Å². The summed E-state index contributed by atoms with van der Waals surface area (Å²) in [5.41, 5.74) is 3.42. The molecule has 140 valence electrons. The van der Waals surface area contributed by atoms with Crippen molar-refractivity contribution in [2.75, 3.05) is 39.8 Å². The maximum atomic E-state index is 10.8. The summed E-state index contributed by atoms with van der Waals surface area (Å²) >= 11 is 0. The zero-order chi connectivity index (χ0) is 18.5. The molecule has 0 radical (unpaired) electrons. The zero-order valence-corrected chi connectivity index (χ0v) is 15.3. The Kier molecular flexibility index (Phi) is 6.03. The molecular weight excluding hydrogens is 332 g/mol. The zero-order valence-electron chi connectivity index (χ0n) is 15.3. The van der Waals surface area contributed by atoms with Crippen molar-refractivity contribution < 1.29 is 14.6 Å². The van der Waals surface area contributed by atoms with Gasteiger partial charge < -0.3 is 9.84 Å². The van der Waals surface area contributed by atoms with Crippen LogP contribution < -0.4 is 0 Å². The summed E-state index contributed by atoms with van der Waals surface area (Å²) in [4.78, 5) is 15.0. The van der Waals surface area contributed by atoms with Crippen molar-refractivity contribution in [3.8, 4) is 5.69 Å². The molecule has 2 aromatic rings. The molecule has 1 unspecified atom stereocenters. The van der Waals surface area contributed by atoms with Crippen molar-refractivity contribution in [1.82, 2.24) is 19.6 Å². The third-order valence-electron chi connectivity index (χ3n) is 4.59. The van der Waals surface area contributed by atoms with Gasteiger partial charge in [0.2, 0.25) is 0 Å². The third-order valence-corrected chi connectivity index (χ3v) is 4.59. The summed E-state index contributed by atoms with van der Waals surface area (Å²) in [5, 5.41) is 13.4. The van der Waals surface area contributed by atoms with Gasteiger partial charge in [0, 0.05) is 32.4 Å². The van der Waals surface area contributed by atoms with Gasteiger partial charge in [0.1, 0.15) is 0 Å². The SMILES string of the molecule is Cc1ccccc1-n1nccc1CN1CCOC(CN(C)CC(=O)O)C1. The predicted octanol–water partition coefficient (Wildman–Crippen LogP) is 1.40. The molecule has 7 heteroatoms. The van der Waals surface area contributed by atoms with Crippen LogP contribution in [0.2, 0.25) is 0 Å². The molecule has 26 heavy (non-hydrogen) atoms. The Morgan fingerprint density at radius 3 is 2.96 bits per heavy atom. The highest BCUT2D eigenvalue weighted by atomic mass is 16.5. The fraction of sp³-hybridized carbons (Fsp3) is 0.474. The summed E-state index contributed by atoms with van der Waals surface area (Å²) in [7, 11) is 1.81. The van der Waals surface area contributed by atoms with E-state index in [1.807, 2.05) is 36.1 Å². The molecule has 0 bridgehead atoms. The summed E-state index contributed by atoms with van der Waals surface area (Å²) in [5.74, 6) is -0.817. The van der Waals surface area contributed by atoms with E-state index in [0.717, 1.165) is 31.0 Å². The van der Waals surface area contributed by atoms with E-state index in [9.17, 15) is 4.79 Å². The number of ether oxygens (including phenoxy) is 1. The number of nitrogens with zero attached hydrogens (tertiary/aromatic N) is 4. The van der Waals surface area contributed by atoms with Gasteiger partial charge in [0.25, 0.3) is 0 Å². The highest BCUT2D eigenvalue weighted by Gasteiger charge is 2.23. The Bertz CT molecular complexity index is 746. The second kappa shape index (κ2) is 8.44. The lowest BCUT2D eigenvalue weighted by Crippen LogP contribution is -2.47. The van der Waals surface area contributed by atoms with Crippen molar-refractivity contribution in [2.45, 2.75) is 19.6 Å². The number of rotatable bonds is 7. The van der Waals surface area contributed by atoms with Crippen LogP contribution in [0, 0.1) is 6.92 Å². The second-order valence-corrected chi connectivity index (χ2v) is 6.84. The molecule has 1 aliphatic rings. The number of hydrogen-bond donors (Lipinski definition) is 1. The topological polar surface area (TPSA) is 70.8 Å². The number of para-hydroxylation sites is 1. The fourth-order valence-corrected chi connectivity index (χ4v) is 3.38. The average Bonchev–Trinajstić information content (AvgIpc) is 3.02. The van der Waals surface area contributed by atoms with Crippen LogP contribution in [0.3, 0.4) is 0 Å². The highest BCUT2D eigenvalue weighted by Crippen LogP contribution is 2.17. The monoisotopic (exact) mass is 358 g/mol. The number of carboxylic acid groups (broad SMARTS) is 1. The van der Waals surface area contributed by atoms with E-state index in [1.54, 1.807) is 4.90 Å². The molecular formula is C19H26N4O3. The van der Waals surface area contributed by atoms with Gasteiger partial charge in [-0.25, -0.2) is 4.68 Å². The molecule has 1 atom stereocenters. The first-order chi connectivity index (χ1) is 12.5. The molecule has 1 aliphatic heterocycles. The van der Waals surface area contributed by atoms with E-state index in [1.165, 1.54) is 5.56 Å². The van der Waals surface area contributed by atoms with Gasteiger partial charge in [-0.3, -0.25) is 14.6 Å². The number of benzene rings is 1. The number of carbonyl (C=O) groups is 1. The summed E-state index contributed by atoms with van der Waals surface area (Å²) in [6, 6.07) is 10.3. The number of morpholine rings is 1. The minimum absolute atomic E-state index is 0.0166. The van der Waals surface area contributed by atoms with Crippen LogP contribution >= 0.6 is 0 Å². The summed E-state index contributed by atoms with van der Waals surface area (Å²) in [6.45, 7) is 5.81. The van der Waals surface area contributed by atoms with Crippen LogP contribution in [0.5, 0.6) is 0 Å². The van der Waals surface area contributed by atoms with E-state index < -0.39 is 5.97 Å². The lowest BCUT2D eigenvalue weighted by atomic mass is 10.2. The van der Waals surface area contributed by atoms with E-state index in [0.29, 0.717) is 13.2 Å². The molecule has 1 aromatic heterocycles. The number of aromatic nitrogens is 2. The van der Waals surface area contributed by atoms with Gasteiger partial charge in [-0.15, -0.1) is 0 Å². The Morgan fingerprint density at radius 1 is 1.38 bits per heavy atom. The lowest BCUT2D eigenvalue weighted by Gasteiger charge is -2.34. The first kappa shape index (κ1) is 18.6. The quantitative estimate of drug-likeness (QED) is 0.807. The molecule has 3 rings (SSSR count). The van der Waals surface area contributed by atoms with Gasteiger partial charge >= 0.3 is 5.97 Å². The molecule has 1 aromatic carbocycles. The fourth-order valence-electron chi connectivity index (χ4n) is 3.38. The van der Waals surface area contributed by atoms with Crippen LogP contribution in [0.15, 0.2) is 36.5 Å². The molecule has 1 saturated heterocycles. The van der Waals surface area contributed by atoms with Gasteiger partial charge in [0.15, 0.2) is 0 Å². The molecule has 1 N–H and O–H groups in total. The maximum absolute atomic E-state index is 10.8. The predicted molar refractivity (Wildman–Crippen MR) is 98.5 cm³/mol. The maximum Gasteiger partial charge on any atom is 0.317 e. The van der Waals surface area contributed by atoms with Crippen molar-refractivity contribution in [3.05, 3.63) is 47.8 Å². The smallest absolute Gasteiger partial charge is 0.317 e. The average molecular weight is 358 g/mol. The van der Waals surface area contributed by atoms with E-state index >= 15 is 0 Å². The van der Waals surface area contributed by atoms with Crippen LogP contribution in [0.25, 0.3) is 5.69 Å². The second-order valence-electron chi connectivity index (χ2n) is 6.84. The molecule has 0 saturated carbocycles. The summed E-state index contributed by atoms with van der Waals surface area (Å²) in [6.07, 6.45) is 1.85. The van der Waals surface area contributed by atoms with Gasteiger partial charge in [-0.2, -0.15) is 5.10 Å². The largest absolute Gasteiger partial charge is 0.480 e. The van der Waals surface area contributed by atoms with Crippen molar-refractivity contribution in [2.24, 2.45) is 0 Å². The first-order valence-electron chi connectivity index (χ1n) is 8.86. The normalized spacial score (nSPS) is 18.3. The number of aryl methyl sites for hydroxylation is 1. The van der Waals surface area contributed by atoms with Crippen LogP contribution in [0.4, 0.5) is 0 Å².